The number of hydrogen-bond acceptors (Lipinski definition) is 2. The van der Waals surface area contributed by atoms with Crippen molar-refractivity contribution < 1.29 is 17.9 Å². The fourth-order valence-corrected chi connectivity index (χ4v) is 1.59. The Balaban J connectivity index is 2.14. The topological polar surface area (TPSA) is 21.3 Å². The van der Waals surface area contributed by atoms with E-state index in [-0.39, 0.29) is 6.42 Å². The molecule has 0 unspecified atom stereocenters. The lowest BCUT2D eigenvalue weighted by Gasteiger charge is -2.08. The molecule has 0 bridgehead atoms. The van der Waals surface area contributed by atoms with Gasteiger partial charge in [-0.2, -0.15) is 13.2 Å². The first-order valence-corrected chi connectivity index (χ1v) is 5.91. The van der Waals surface area contributed by atoms with Crippen molar-refractivity contribution in [2.75, 3.05) is 13.7 Å². The number of methoxy groups -OCH3 is 1. The van der Waals surface area contributed by atoms with Crippen molar-refractivity contribution in [3.8, 4) is 5.75 Å². The smallest absolute Gasteiger partial charge is 0.389 e. The molecule has 0 aliphatic rings. The highest BCUT2D eigenvalue weighted by Gasteiger charge is 2.25. The molecule has 0 aliphatic carbocycles. The van der Waals surface area contributed by atoms with E-state index in [1.165, 1.54) is 0 Å². The van der Waals surface area contributed by atoms with E-state index in [0.29, 0.717) is 19.5 Å². The molecule has 5 heteroatoms. The van der Waals surface area contributed by atoms with Gasteiger partial charge in [0, 0.05) is 13.0 Å². The predicted octanol–water partition coefficient (Wildman–Crippen LogP) is 3.52. The van der Waals surface area contributed by atoms with E-state index < -0.39 is 12.6 Å². The Bertz CT molecular complexity index is 352. The maximum atomic E-state index is 11.9. The summed E-state index contributed by atoms with van der Waals surface area (Å²) in [7, 11) is 1.60. The van der Waals surface area contributed by atoms with Crippen LogP contribution in [0.1, 0.15) is 24.8 Å². The predicted molar refractivity (Wildman–Crippen MR) is 64.6 cm³/mol. The van der Waals surface area contributed by atoms with Crippen LogP contribution >= 0.6 is 0 Å². The molecule has 18 heavy (non-hydrogen) atoms. The monoisotopic (exact) mass is 261 g/mol. The van der Waals surface area contributed by atoms with E-state index >= 15 is 0 Å². The molecule has 0 aromatic heterocycles. The van der Waals surface area contributed by atoms with E-state index in [2.05, 4.69) is 5.32 Å². The van der Waals surface area contributed by atoms with Gasteiger partial charge in [0.1, 0.15) is 5.75 Å². The van der Waals surface area contributed by atoms with Crippen LogP contribution in [0.5, 0.6) is 5.75 Å². The van der Waals surface area contributed by atoms with Crippen molar-refractivity contribution in [2.24, 2.45) is 0 Å². The Hall–Kier alpha value is -1.23. The lowest BCUT2D eigenvalue weighted by Crippen LogP contribution is -2.15. The summed E-state index contributed by atoms with van der Waals surface area (Å²) in [4.78, 5) is 0. The zero-order chi connectivity index (χ0) is 13.4. The van der Waals surface area contributed by atoms with Crippen LogP contribution in [0.15, 0.2) is 24.3 Å². The molecule has 0 aliphatic heterocycles. The summed E-state index contributed by atoms with van der Waals surface area (Å²) in [5.74, 6) is 0.784. The molecule has 0 saturated heterocycles. The summed E-state index contributed by atoms with van der Waals surface area (Å²) in [6.45, 7) is 1.23. The van der Waals surface area contributed by atoms with Crippen LogP contribution in [-0.2, 0) is 6.54 Å². The van der Waals surface area contributed by atoms with Crippen LogP contribution in [0.2, 0.25) is 0 Å². The third kappa shape index (κ3) is 6.49. The second kappa shape index (κ2) is 7.26. The van der Waals surface area contributed by atoms with E-state index in [4.69, 9.17) is 4.74 Å². The molecular formula is C13H18F3NO. The van der Waals surface area contributed by atoms with Crippen LogP contribution in [0, 0.1) is 0 Å². The molecule has 0 atom stereocenters. The molecule has 0 fully saturated rings. The normalized spacial score (nSPS) is 11.6. The maximum Gasteiger partial charge on any atom is 0.389 e. The van der Waals surface area contributed by atoms with Crippen molar-refractivity contribution in [3.63, 3.8) is 0 Å². The van der Waals surface area contributed by atoms with Gasteiger partial charge in [-0.25, -0.2) is 0 Å². The maximum absolute atomic E-state index is 11.9. The zero-order valence-corrected chi connectivity index (χ0v) is 10.4. The molecule has 0 saturated carbocycles. The van der Waals surface area contributed by atoms with Gasteiger partial charge < -0.3 is 10.1 Å². The van der Waals surface area contributed by atoms with Crippen LogP contribution < -0.4 is 10.1 Å². The molecule has 1 aromatic carbocycles. The van der Waals surface area contributed by atoms with Gasteiger partial charge in [-0.3, -0.25) is 0 Å². The Kier molecular flexibility index (Phi) is 5.98. The first-order chi connectivity index (χ1) is 8.51. The van der Waals surface area contributed by atoms with E-state index in [1.54, 1.807) is 7.11 Å². The van der Waals surface area contributed by atoms with Crippen LogP contribution in [-0.4, -0.2) is 19.8 Å². The average Bonchev–Trinajstić information content (AvgIpc) is 2.32. The molecule has 0 radical (unpaired) electrons. The van der Waals surface area contributed by atoms with Crippen LogP contribution in [0.3, 0.4) is 0 Å². The minimum Gasteiger partial charge on any atom is -0.497 e. The Morgan fingerprint density at radius 2 is 2.00 bits per heavy atom. The van der Waals surface area contributed by atoms with Gasteiger partial charge in [-0.15, -0.1) is 0 Å². The van der Waals surface area contributed by atoms with E-state index in [9.17, 15) is 13.2 Å². The first kappa shape index (κ1) is 14.8. The molecule has 1 N–H and O–H groups in total. The molecule has 1 rings (SSSR count). The summed E-state index contributed by atoms with van der Waals surface area (Å²) >= 11 is 0. The van der Waals surface area contributed by atoms with Crippen molar-refractivity contribution in [2.45, 2.75) is 32.0 Å². The standard InChI is InChI=1S/C13H18F3NO/c1-18-12-6-4-5-11(9-12)10-17-8-3-2-7-13(14,15)16/h4-6,9,17H,2-3,7-8,10H2,1H3. The summed E-state index contributed by atoms with van der Waals surface area (Å²) in [6.07, 6.45) is -4.03. The number of benzene rings is 1. The molecule has 0 amide bonds. The molecule has 0 heterocycles. The number of nitrogens with one attached hydrogen (secondary N) is 1. The lowest BCUT2D eigenvalue weighted by atomic mass is 10.2. The molecular weight excluding hydrogens is 243 g/mol. The van der Waals surface area contributed by atoms with Gasteiger partial charge >= 0.3 is 6.18 Å². The number of alkyl halides is 3. The van der Waals surface area contributed by atoms with Gasteiger partial charge in [0.15, 0.2) is 0 Å². The van der Waals surface area contributed by atoms with Crippen LogP contribution in [0.4, 0.5) is 13.2 Å². The third-order valence-corrected chi connectivity index (χ3v) is 2.53. The minimum absolute atomic E-state index is 0.175. The van der Waals surface area contributed by atoms with E-state index in [1.807, 2.05) is 24.3 Å². The second-order valence-electron chi connectivity index (χ2n) is 4.10. The summed E-state index contributed by atoms with van der Waals surface area (Å²) in [5.41, 5.74) is 1.06. The number of hydrogen-bond donors (Lipinski definition) is 1. The van der Waals surface area contributed by atoms with Gasteiger partial charge in [-0.05, 0) is 37.1 Å². The van der Waals surface area contributed by atoms with E-state index in [0.717, 1.165) is 11.3 Å². The SMILES string of the molecule is COc1cccc(CNCCCCC(F)(F)F)c1. The molecule has 0 spiro atoms. The van der Waals surface area contributed by atoms with Crippen molar-refractivity contribution in [1.82, 2.24) is 5.32 Å². The lowest BCUT2D eigenvalue weighted by molar-refractivity contribution is -0.135. The Morgan fingerprint density at radius 3 is 2.67 bits per heavy atom. The third-order valence-electron chi connectivity index (χ3n) is 2.53. The Morgan fingerprint density at radius 1 is 1.22 bits per heavy atom. The molecule has 2 nitrogen and oxygen atoms in total. The van der Waals surface area contributed by atoms with Gasteiger partial charge in [-0.1, -0.05) is 12.1 Å². The zero-order valence-electron chi connectivity index (χ0n) is 10.4. The van der Waals surface area contributed by atoms with Crippen molar-refractivity contribution >= 4 is 0 Å². The number of ether oxygens (including phenoxy) is 1. The van der Waals surface area contributed by atoms with Gasteiger partial charge in [0.2, 0.25) is 0 Å². The largest absolute Gasteiger partial charge is 0.497 e. The van der Waals surface area contributed by atoms with Crippen molar-refractivity contribution in [3.05, 3.63) is 29.8 Å². The van der Waals surface area contributed by atoms with Crippen molar-refractivity contribution in [1.29, 1.82) is 0 Å². The highest BCUT2D eigenvalue weighted by Crippen LogP contribution is 2.21. The van der Waals surface area contributed by atoms with Gasteiger partial charge in [0.05, 0.1) is 7.11 Å². The summed E-state index contributed by atoms with van der Waals surface area (Å²) in [6, 6.07) is 7.60. The number of halogens is 3. The average molecular weight is 261 g/mol. The minimum atomic E-state index is -4.03. The quantitative estimate of drug-likeness (QED) is 0.758. The van der Waals surface area contributed by atoms with Gasteiger partial charge in [0.25, 0.3) is 0 Å². The highest BCUT2D eigenvalue weighted by molar-refractivity contribution is 5.28. The van der Waals surface area contributed by atoms with Crippen LogP contribution in [0.25, 0.3) is 0 Å². The molecule has 1 aromatic rings. The molecule has 102 valence electrons. The second-order valence-corrected chi connectivity index (χ2v) is 4.10. The number of unbranched alkanes of at least 4 members (excludes halogenated alkanes) is 1. The highest BCUT2D eigenvalue weighted by atomic mass is 19.4. The fourth-order valence-electron chi connectivity index (χ4n) is 1.59. The number of rotatable bonds is 7. The fraction of sp³-hybridized carbons (Fsp3) is 0.538. The summed E-state index contributed by atoms with van der Waals surface area (Å²) < 4.78 is 40.7. The summed E-state index contributed by atoms with van der Waals surface area (Å²) in [5, 5.41) is 3.12. The Labute approximate surface area is 105 Å². The first-order valence-electron chi connectivity index (χ1n) is 5.91.